The third-order valence-corrected chi connectivity index (χ3v) is 3.88. The van der Waals surface area contributed by atoms with Crippen LogP contribution in [-0.4, -0.2) is 36.5 Å². The zero-order chi connectivity index (χ0) is 18.3. The predicted molar refractivity (Wildman–Crippen MR) is 103 cm³/mol. The zero-order valence-electron chi connectivity index (χ0n) is 15.2. The molecule has 2 unspecified atom stereocenters. The Morgan fingerprint density at radius 3 is 2.04 bits per heavy atom. The lowest BCUT2D eigenvalue weighted by Gasteiger charge is -2.30. The maximum atomic E-state index is 12.7. The maximum Gasteiger partial charge on any atom is 0.416 e. The van der Waals surface area contributed by atoms with Gasteiger partial charge in [-0.2, -0.15) is 13.2 Å². The van der Waals surface area contributed by atoms with E-state index in [-0.39, 0.29) is 49.2 Å². The van der Waals surface area contributed by atoms with Crippen molar-refractivity contribution in [1.82, 2.24) is 10.2 Å². The van der Waals surface area contributed by atoms with Gasteiger partial charge in [-0.15, -0.1) is 24.8 Å². The monoisotopic (exact) mass is 417 g/mol. The summed E-state index contributed by atoms with van der Waals surface area (Å²) in [6.07, 6.45) is -4.13. The quantitative estimate of drug-likeness (QED) is 0.676. The van der Waals surface area contributed by atoms with Gasteiger partial charge in [-0.3, -0.25) is 9.69 Å². The van der Waals surface area contributed by atoms with Crippen molar-refractivity contribution < 1.29 is 18.0 Å². The molecule has 1 aromatic rings. The third kappa shape index (κ3) is 8.58. The summed E-state index contributed by atoms with van der Waals surface area (Å²) >= 11 is 0. The Morgan fingerprint density at radius 1 is 1.15 bits per heavy atom. The molecule has 0 spiro atoms. The lowest BCUT2D eigenvalue weighted by Crippen LogP contribution is -2.39. The molecule has 0 fully saturated rings. The predicted octanol–water partition coefficient (Wildman–Crippen LogP) is 3.79. The summed E-state index contributed by atoms with van der Waals surface area (Å²) in [6, 6.07) is 4.69. The maximum absolute atomic E-state index is 12.7. The van der Waals surface area contributed by atoms with Crippen molar-refractivity contribution in [2.45, 2.75) is 45.5 Å². The molecule has 3 N–H and O–H groups in total. The van der Waals surface area contributed by atoms with E-state index in [0.717, 1.165) is 30.8 Å². The van der Waals surface area contributed by atoms with Gasteiger partial charge in [-0.25, -0.2) is 0 Å². The third-order valence-electron chi connectivity index (χ3n) is 3.88. The summed E-state index contributed by atoms with van der Waals surface area (Å²) in [4.78, 5) is 13.9. The van der Waals surface area contributed by atoms with Crippen LogP contribution in [0, 0.1) is 0 Å². The van der Waals surface area contributed by atoms with Gasteiger partial charge in [-0.05, 0) is 37.7 Å². The van der Waals surface area contributed by atoms with E-state index in [4.69, 9.17) is 5.73 Å². The van der Waals surface area contributed by atoms with E-state index in [2.05, 4.69) is 10.2 Å². The number of nitrogens with one attached hydrogen (secondary N) is 1. The van der Waals surface area contributed by atoms with Crippen LogP contribution >= 0.6 is 24.8 Å². The molecule has 0 aliphatic heterocycles. The van der Waals surface area contributed by atoms with Crippen LogP contribution in [0.5, 0.6) is 0 Å². The first-order chi connectivity index (χ1) is 11.2. The fraction of sp³-hybridized carbons (Fsp3) is 0.588. The van der Waals surface area contributed by atoms with Crippen molar-refractivity contribution in [2.24, 2.45) is 5.73 Å². The number of likely N-dealkylation sites (N-methyl/N-ethyl adjacent to an activating group) is 1. The topological polar surface area (TPSA) is 58.4 Å². The number of halogens is 5. The number of carbonyl (C=O) groups is 1. The molecule has 1 aromatic carbocycles. The first-order valence-electron chi connectivity index (χ1n) is 8.12. The number of carbonyl (C=O) groups excluding carboxylic acids is 1. The van der Waals surface area contributed by atoms with E-state index in [1.807, 2.05) is 13.8 Å². The van der Waals surface area contributed by atoms with E-state index < -0.39 is 11.7 Å². The summed E-state index contributed by atoms with van der Waals surface area (Å²) in [5.41, 5.74) is 5.67. The van der Waals surface area contributed by atoms with Crippen molar-refractivity contribution >= 4 is 30.7 Å². The molecule has 0 aliphatic carbocycles. The van der Waals surface area contributed by atoms with E-state index in [1.54, 1.807) is 6.92 Å². The Hall–Kier alpha value is -1.02. The normalized spacial score (nSPS) is 13.4. The first-order valence-corrected chi connectivity index (χ1v) is 8.12. The van der Waals surface area contributed by atoms with E-state index >= 15 is 0 Å². The van der Waals surface area contributed by atoms with Crippen molar-refractivity contribution in [1.29, 1.82) is 0 Å². The summed E-state index contributed by atoms with van der Waals surface area (Å²) in [5.74, 6) is -0.158. The Labute approximate surface area is 165 Å². The summed E-state index contributed by atoms with van der Waals surface area (Å²) < 4.78 is 38.1. The van der Waals surface area contributed by atoms with Crippen molar-refractivity contribution in [2.75, 3.05) is 19.6 Å². The number of benzene rings is 1. The molecule has 0 radical (unpaired) electrons. The molecule has 0 aliphatic rings. The standard InChI is InChI=1S/C17H26F3N3O.2ClH/c1-4-23(5-2)15(11-22-16(24)10-12(3)21)13-6-8-14(9-7-13)17(18,19)20;;/h6-9,12,15H,4-5,10-11,21H2,1-3H3,(H,22,24);2*1H. The fourth-order valence-corrected chi connectivity index (χ4v) is 2.59. The molecule has 4 nitrogen and oxygen atoms in total. The minimum atomic E-state index is -4.35. The number of hydrogen-bond donors (Lipinski definition) is 2. The van der Waals surface area contributed by atoms with Gasteiger partial charge in [0.15, 0.2) is 0 Å². The van der Waals surface area contributed by atoms with E-state index in [0.29, 0.717) is 6.54 Å². The number of rotatable bonds is 8. The molecule has 0 bridgehead atoms. The minimum absolute atomic E-state index is 0. The Balaban J connectivity index is 0. The van der Waals surface area contributed by atoms with Crippen LogP contribution in [0.3, 0.4) is 0 Å². The highest BCUT2D eigenvalue weighted by Crippen LogP contribution is 2.30. The largest absolute Gasteiger partial charge is 0.416 e. The number of amides is 1. The lowest BCUT2D eigenvalue weighted by molar-refractivity contribution is -0.137. The van der Waals surface area contributed by atoms with Crippen LogP contribution in [0.15, 0.2) is 24.3 Å². The second-order valence-corrected chi connectivity index (χ2v) is 5.84. The van der Waals surface area contributed by atoms with Gasteiger partial charge in [0, 0.05) is 19.0 Å². The van der Waals surface area contributed by atoms with Gasteiger partial charge in [0.05, 0.1) is 11.6 Å². The summed E-state index contributed by atoms with van der Waals surface area (Å²) in [5, 5.41) is 2.82. The first kappa shape index (κ1) is 27.2. The molecule has 152 valence electrons. The lowest BCUT2D eigenvalue weighted by atomic mass is 10.0. The molecule has 0 saturated heterocycles. The molecule has 0 saturated carbocycles. The summed E-state index contributed by atoms with van der Waals surface area (Å²) in [7, 11) is 0. The number of alkyl halides is 3. The minimum Gasteiger partial charge on any atom is -0.354 e. The highest BCUT2D eigenvalue weighted by molar-refractivity contribution is 5.85. The highest BCUT2D eigenvalue weighted by atomic mass is 35.5. The molecule has 0 heterocycles. The van der Waals surface area contributed by atoms with Gasteiger partial charge in [0.1, 0.15) is 0 Å². The van der Waals surface area contributed by atoms with Crippen LogP contribution in [0.25, 0.3) is 0 Å². The average Bonchev–Trinajstić information content (AvgIpc) is 2.50. The fourth-order valence-electron chi connectivity index (χ4n) is 2.59. The van der Waals surface area contributed by atoms with E-state index in [1.165, 1.54) is 12.1 Å². The molecule has 2 atom stereocenters. The molecular weight excluding hydrogens is 390 g/mol. The Bertz CT molecular complexity index is 521. The average molecular weight is 418 g/mol. The van der Waals surface area contributed by atoms with Crippen LogP contribution in [0.1, 0.15) is 44.4 Å². The molecule has 26 heavy (non-hydrogen) atoms. The van der Waals surface area contributed by atoms with Crippen molar-refractivity contribution in [3.8, 4) is 0 Å². The van der Waals surface area contributed by atoms with Crippen LogP contribution in [-0.2, 0) is 11.0 Å². The second kappa shape index (κ2) is 12.4. The van der Waals surface area contributed by atoms with Gasteiger partial charge < -0.3 is 11.1 Å². The highest BCUT2D eigenvalue weighted by Gasteiger charge is 2.30. The van der Waals surface area contributed by atoms with Crippen LogP contribution in [0.4, 0.5) is 13.2 Å². The Kier molecular flexibility index (Phi) is 13.0. The Morgan fingerprint density at radius 2 is 1.65 bits per heavy atom. The number of hydrogen-bond acceptors (Lipinski definition) is 3. The second-order valence-electron chi connectivity index (χ2n) is 5.84. The van der Waals surface area contributed by atoms with Gasteiger partial charge >= 0.3 is 6.18 Å². The van der Waals surface area contributed by atoms with Gasteiger partial charge in [-0.1, -0.05) is 26.0 Å². The van der Waals surface area contributed by atoms with Crippen LogP contribution in [0.2, 0.25) is 0 Å². The molecule has 9 heteroatoms. The SMILES string of the molecule is CCN(CC)C(CNC(=O)CC(C)N)c1ccc(C(F)(F)F)cc1.Cl.Cl. The smallest absolute Gasteiger partial charge is 0.354 e. The van der Waals surface area contributed by atoms with Gasteiger partial charge in [0.25, 0.3) is 0 Å². The van der Waals surface area contributed by atoms with Crippen molar-refractivity contribution in [3.63, 3.8) is 0 Å². The molecule has 0 aromatic heterocycles. The molecule has 1 rings (SSSR count). The number of nitrogens with two attached hydrogens (primary N) is 1. The van der Waals surface area contributed by atoms with Gasteiger partial charge in [0.2, 0.25) is 5.91 Å². The van der Waals surface area contributed by atoms with Crippen LogP contribution < -0.4 is 11.1 Å². The molecule has 1 amide bonds. The number of nitrogens with zero attached hydrogens (tertiary/aromatic N) is 1. The molecular formula is C17H28Cl2F3N3O. The summed E-state index contributed by atoms with van der Waals surface area (Å²) in [6.45, 7) is 7.49. The zero-order valence-corrected chi connectivity index (χ0v) is 16.8. The van der Waals surface area contributed by atoms with Crippen molar-refractivity contribution in [3.05, 3.63) is 35.4 Å². The van der Waals surface area contributed by atoms with E-state index in [9.17, 15) is 18.0 Å².